The fourth-order valence-electron chi connectivity index (χ4n) is 0.0577. The van der Waals surface area contributed by atoms with Crippen molar-refractivity contribution < 1.29 is 30.6 Å². The van der Waals surface area contributed by atoms with E-state index in [0.717, 1.165) is 0 Å². The summed E-state index contributed by atoms with van der Waals surface area (Å²) in [5.41, 5.74) is 0. The van der Waals surface area contributed by atoms with Crippen LogP contribution in [0.15, 0.2) is 0 Å². The lowest BCUT2D eigenvalue weighted by atomic mass is 10.2. The summed E-state index contributed by atoms with van der Waals surface area (Å²) in [5, 5.41) is 48.2. The van der Waals surface area contributed by atoms with Gasteiger partial charge in [-0.15, -0.1) is 0 Å². The SMILES string of the molecule is CC(C)CO.CC(O)CO.OCC(O)CO. The molecule has 0 aromatic carbocycles. The van der Waals surface area contributed by atoms with E-state index < -0.39 is 12.2 Å². The lowest BCUT2D eigenvalue weighted by molar-refractivity contribution is 0.0450. The fourth-order valence-corrected chi connectivity index (χ4v) is 0.0577. The second-order valence-corrected chi connectivity index (χ2v) is 3.63. The Balaban J connectivity index is -0.000000160. The van der Waals surface area contributed by atoms with Gasteiger partial charge >= 0.3 is 0 Å². The van der Waals surface area contributed by atoms with Gasteiger partial charge in [-0.3, -0.25) is 0 Å². The van der Waals surface area contributed by atoms with E-state index in [2.05, 4.69) is 0 Å². The van der Waals surface area contributed by atoms with Crippen LogP contribution in [-0.4, -0.2) is 69.3 Å². The van der Waals surface area contributed by atoms with Crippen molar-refractivity contribution in [1.82, 2.24) is 0 Å². The molecule has 0 bridgehead atoms. The first-order valence-electron chi connectivity index (χ1n) is 5.15. The molecule has 102 valence electrons. The average molecular weight is 242 g/mol. The molecule has 0 aromatic heterocycles. The first kappa shape index (κ1) is 21.1. The van der Waals surface area contributed by atoms with E-state index in [-0.39, 0.29) is 19.8 Å². The Hall–Kier alpha value is -0.240. The van der Waals surface area contributed by atoms with Crippen LogP contribution in [0.5, 0.6) is 0 Å². The number of hydrogen-bond donors (Lipinski definition) is 6. The van der Waals surface area contributed by atoms with E-state index in [0.29, 0.717) is 12.5 Å². The van der Waals surface area contributed by atoms with Gasteiger partial charge in [-0.1, -0.05) is 13.8 Å². The number of rotatable bonds is 4. The van der Waals surface area contributed by atoms with Crippen molar-refractivity contribution in [3.63, 3.8) is 0 Å². The van der Waals surface area contributed by atoms with Crippen molar-refractivity contribution in [2.75, 3.05) is 26.4 Å². The molecule has 1 unspecified atom stereocenters. The van der Waals surface area contributed by atoms with E-state index in [1.54, 1.807) is 0 Å². The smallest absolute Gasteiger partial charge is 0.100 e. The predicted molar refractivity (Wildman–Crippen MR) is 60.9 cm³/mol. The third-order valence-electron chi connectivity index (χ3n) is 1.05. The predicted octanol–water partition coefficient (Wildman–Crippen LogP) is -1.67. The van der Waals surface area contributed by atoms with Crippen molar-refractivity contribution in [2.24, 2.45) is 5.92 Å². The lowest BCUT2D eigenvalue weighted by Gasteiger charge is -1.96. The van der Waals surface area contributed by atoms with E-state index in [9.17, 15) is 0 Å². The fraction of sp³-hybridized carbons (Fsp3) is 1.00. The van der Waals surface area contributed by atoms with E-state index in [1.807, 2.05) is 13.8 Å². The molecule has 0 saturated heterocycles. The number of aliphatic hydroxyl groups is 6. The molecule has 0 amide bonds. The highest BCUT2D eigenvalue weighted by Gasteiger charge is 1.93. The van der Waals surface area contributed by atoms with Crippen LogP contribution in [0.3, 0.4) is 0 Å². The van der Waals surface area contributed by atoms with Crippen LogP contribution in [0.25, 0.3) is 0 Å². The van der Waals surface area contributed by atoms with Gasteiger partial charge in [0.1, 0.15) is 6.10 Å². The van der Waals surface area contributed by atoms with Crippen molar-refractivity contribution >= 4 is 0 Å². The second kappa shape index (κ2) is 17.2. The molecule has 1 atom stereocenters. The Morgan fingerprint density at radius 2 is 0.938 bits per heavy atom. The van der Waals surface area contributed by atoms with E-state index in [1.165, 1.54) is 6.92 Å². The Labute approximate surface area is 96.8 Å². The van der Waals surface area contributed by atoms with Crippen LogP contribution < -0.4 is 0 Å². The zero-order valence-electron chi connectivity index (χ0n) is 10.2. The summed E-state index contributed by atoms with van der Waals surface area (Å²) in [6.45, 7) is 4.91. The minimum absolute atomic E-state index is 0.139. The minimum Gasteiger partial charge on any atom is -0.396 e. The summed E-state index contributed by atoms with van der Waals surface area (Å²) in [6, 6.07) is 0. The topological polar surface area (TPSA) is 121 Å². The molecule has 0 heterocycles. The van der Waals surface area contributed by atoms with E-state index in [4.69, 9.17) is 30.6 Å². The summed E-state index contributed by atoms with van der Waals surface area (Å²) < 4.78 is 0. The molecule has 0 aliphatic heterocycles. The zero-order valence-corrected chi connectivity index (χ0v) is 10.2. The lowest BCUT2D eigenvalue weighted by Crippen LogP contribution is -2.15. The molecular formula is C10H26O6. The molecule has 0 fully saturated rings. The largest absolute Gasteiger partial charge is 0.396 e. The van der Waals surface area contributed by atoms with Crippen molar-refractivity contribution in [1.29, 1.82) is 0 Å². The van der Waals surface area contributed by atoms with Gasteiger partial charge in [-0.2, -0.15) is 0 Å². The van der Waals surface area contributed by atoms with Crippen LogP contribution in [0.4, 0.5) is 0 Å². The Kier molecular flexibility index (Phi) is 22.6. The molecule has 6 N–H and O–H groups in total. The third-order valence-corrected chi connectivity index (χ3v) is 1.05. The second-order valence-electron chi connectivity index (χ2n) is 3.63. The normalized spacial score (nSPS) is 11.4. The zero-order chi connectivity index (χ0) is 13.6. The van der Waals surface area contributed by atoms with Gasteiger partial charge in [-0.05, 0) is 12.8 Å². The maximum atomic E-state index is 8.17. The summed E-state index contributed by atoms with van der Waals surface area (Å²) in [4.78, 5) is 0. The highest BCUT2D eigenvalue weighted by Crippen LogP contribution is 1.83. The Morgan fingerprint density at radius 3 is 0.938 bits per heavy atom. The maximum Gasteiger partial charge on any atom is 0.100 e. The average Bonchev–Trinajstić information content (AvgIpc) is 2.29. The summed E-state index contributed by atoms with van der Waals surface area (Å²) in [7, 11) is 0. The van der Waals surface area contributed by atoms with Crippen LogP contribution in [0.1, 0.15) is 20.8 Å². The van der Waals surface area contributed by atoms with Gasteiger partial charge in [0.25, 0.3) is 0 Å². The Bertz CT molecular complexity index is 95.5. The van der Waals surface area contributed by atoms with Gasteiger partial charge in [0.2, 0.25) is 0 Å². The summed E-state index contributed by atoms with van der Waals surface area (Å²) in [5.74, 6) is 0.440. The van der Waals surface area contributed by atoms with Gasteiger partial charge in [-0.25, -0.2) is 0 Å². The molecule has 0 spiro atoms. The van der Waals surface area contributed by atoms with Crippen molar-refractivity contribution in [2.45, 2.75) is 33.0 Å². The van der Waals surface area contributed by atoms with Crippen LogP contribution >= 0.6 is 0 Å². The molecule has 6 heteroatoms. The maximum absolute atomic E-state index is 8.17. The Morgan fingerprint density at radius 1 is 0.688 bits per heavy atom. The molecule has 0 radical (unpaired) electrons. The van der Waals surface area contributed by atoms with Crippen LogP contribution in [-0.2, 0) is 0 Å². The quantitative estimate of drug-likeness (QED) is 0.350. The van der Waals surface area contributed by atoms with E-state index >= 15 is 0 Å². The molecule has 0 saturated carbocycles. The molecule has 0 aliphatic carbocycles. The highest BCUT2D eigenvalue weighted by molar-refractivity contribution is 4.44. The molecule has 0 aromatic rings. The number of aliphatic hydroxyl groups excluding tert-OH is 6. The first-order chi connectivity index (χ1) is 7.35. The summed E-state index contributed by atoms with van der Waals surface area (Å²) >= 11 is 0. The van der Waals surface area contributed by atoms with Crippen molar-refractivity contribution in [3.05, 3.63) is 0 Å². The standard InChI is InChI=1S/C4H10O.C3H8O3.C3H8O2/c1-4(2)3-5;4-1-3(6)2-5;1-3(5)2-4/h4-5H,3H2,1-2H3;3-6H,1-2H2;3-5H,2H2,1H3. The van der Waals surface area contributed by atoms with Crippen molar-refractivity contribution in [3.8, 4) is 0 Å². The first-order valence-corrected chi connectivity index (χ1v) is 5.15. The third kappa shape index (κ3) is 37.2. The molecule has 6 nitrogen and oxygen atoms in total. The summed E-state index contributed by atoms with van der Waals surface area (Å²) in [6.07, 6.45) is -1.51. The molecule has 0 rings (SSSR count). The van der Waals surface area contributed by atoms with Crippen LogP contribution in [0, 0.1) is 5.92 Å². The minimum atomic E-state index is -0.954. The van der Waals surface area contributed by atoms with Gasteiger partial charge < -0.3 is 30.6 Å². The van der Waals surface area contributed by atoms with Gasteiger partial charge in [0.15, 0.2) is 0 Å². The van der Waals surface area contributed by atoms with Gasteiger partial charge in [0.05, 0.1) is 25.9 Å². The van der Waals surface area contributed by atoms with Gasteiger partial charge in [0, 0.05) is 6.61 Å². The molecular weight excluding hydrogens is 216 g/mol. The molecule has 16 heavy (non-hydrogen) atoms. The molecule has 0 aliphatic rings. The number of hydrogen-bond acceptors (Lipinski definition) is 6. The highest BCUT2D eigenvalue weighted by atomic mass is 16.3. The monoisotopic (exact) mass is 242 g/mol. The van der Waals surface area contributed by atoms with Crippen LogP contribution in [0.2, 0.25) is 0 Å².